The van der Waals surface area contributed by atoms with Gasteiger partial charge in [0.25, 0.3) is 0 Å². The van der Waals surface area contributed by atoms with Gasteiger partial charge in [0, 0.05) is 11.8 Å². The number of ether oxygens (including phenoxy) is 2. The lowest BCUT2D eigenvalue weighted by atomic mass is 10.2. The Balaban J connectivity index is 2.01. The summed E-state index contributed by atoms with van der Waals surface area (Å²) in [6.07, 6.45) is 0.0993. The normalized spacial score (nSPS) is 10.5. The van der Waals surface area contributed by atoms with E-state index in [0.29, 0.717) is 23.2 Å². The number of anilines is 1. The van der Waals surface area contributed by atoms with E-state index in [4.69, 9.17) is 21.1 Å². The molecule has 21 heavy (non-hydrogen) atoms. The maximum Gasteiger partial charge on any atom is 0.213 e. The number of aromatic nitrogens is 1. The Kier molecular flexibility index (Phi) is 5.28. The Morgan fingerprint density at radius 3 is 2.71 bits per heavy atom. The lowest BCUT2D eigenvalue weighted by Crippen LogP contribution is -2.06. The van der Waals surface area contributed by atoms with Gasteiger partial charge < -0.3 is 14.8 Å². The lowest BCUT2D eigenvalue weighted by molar-refractivity contribution is 0.242. The van der Waals surface area contributed by atoms with Crippen LogP contribution in [0.3, 0.4) is 0 Å². The number of halogens is 1. The Bertz CT molecular complexity index is 603. The third-order valence-electron chi connectivity index (χ3n) is 2.76. The van der Waals surface area contributed by atoms with Crippen LogP contribution in [-0.2, 0) is 6.54 Å². The van der Waals surface area contributed by atoms with E-state index in [1.165, 1.54) is 0 Å². The molecule has 0 saturated carbocycles. The standard InChI is InChI=1S/C16H19ClN2O2/c1-11(2)21-15-8-7-12(9-14(15)17)18-10-13-5-4-6-16(19-13)20-3/h4-9,11,18H,10H2,1-3H3. The molecule has 1 aromatic carbocycles. The van der Waals surface area contributed by atoms with Crippen LogP contribution in [0, 0.1) is 0 Å². The second-order valence-corrected chi connectivity index (χ2v) is 5.24. The summed E-state index contributed by atoms with van der Waals surface area (Å²) >= 11 is 6.20. The first kappa shape index (κ1) is 15.4. The van der Waals surface area contributed by atoms with Gasteiger partial charge in [0.2, 0.25) is 5.88 Å². The number of hydrogen-bond donors (Lipinski definition) is 1. The van der Waals surface area contributed by atoms with E-state index >= 15 is 0 Å². The third-order valence-corrected chi connectivity index (χ3v) is 3.05. The molecule has 5 heteroatoms. The van der Waals surface area contributed by atoms with Crippen molar-refractivity contribution in [1.29, 1.82) is 0 Å². The number of rotatable bonds is 6. The fourth-order valence-corrected chi connectivity index (χ4v) is 2.05. The molecule has 0 aliphatic carbocycles. The second-order valence-electron chi connectivity index (χ2n) is 4.84. The molecule has 1 aromatic heterocycles. The SMILES string of the molecule is COc1cccc(CNc2ccc(OC(C)C)c(Cl)c2)n1. The molecule has 0 bridgehead atoms. The van der Waals surface area contributed by atoms with E-state index in [-0.39, 0.29) is 6.10 Å². The van der Waals surface area contributed by atoms with Crippen LogP contribution in [0.25, 0.3) is 0 Å². The zero-order chi connectivity index (χ0) is 15.2. The number of methoxy groups -OCH3 is 1. The minimum Gasteiger partial charge on any atom is -0.489 e. The molecule has 0 amide bonds. The van der Waals surface area contributed by atoms with Crippen LogP contribution in [0.2, 0.25) is 5.02 Å². The van der Waals surface area contributed by atoms with Gasteiger partial charge in [-0.25, -0.2) is 4.98 Å². The van der Waals surface area contributed by atoms with Gasteiger partial charge in [0.15, 0.2) is 0 Å². The van der Waals surface area contributed by atoms with Gasteiger partial charge >= 0.3 is 0 Å². The zero-order valence-corrected chi connectivity index (χ0v) is 13.1. The van der Waals surface area contributed by atoms with E-state index in [1.807, 2.05) is 50.2 Å². The topological polar surface area (TPSA) is 43.4 Å². The van der Waals surface area contributed by atoms with Crippen LogP contribution in [0.4, 0.5) is 5.69 Å². The summed E-state index contributed by atoms with van der Waals surface area (Å²) in [6.45, 7) is 4.53. The summed E-state index contributed by atoms with van der Waals surface area (Å²) in [5.41, 5.74) is 1.81. The molecule has 0 saturated heterocycles. The van der Waals surface area contributed by atoms with Crippen molar-refractivity contribution in [3.05, 3.63) is 47.1 Å². The van der Waals surface area contributed by atoms with Gasteiger partial charge in [-0.05, 0) is 38.1 Å². The predicted octanol–water partition coefficient (Wildman–Crippen LogP) is 4.14. The van der Waals surface area contributed by atoms with Crippen LogP contribution >= 0.6 is 11.6 Å². The summed E-state index contributed by atoms with van der Waals surface area (Å²) in [7, 11) is 1.60. The average molecular weight is 307 g/mol. The van der Waals surface area contributed by atoms with Crippen LogP contribution in [0.5, 0.6) is 11.6 Å². The molecule has 0 radical (unpaired) electrons. The number of pyridine rings is 1. The minimum absolute atomic E-state index is 0.0993. The van der Waals surface area contributed by atoms with Gasteiger partial charge in [-0.3, -0.25) is 0 Å². The summed E-state index contributed by atoms with van der Waals surface area (Å²) in [5.74, 6) is 1.30. The number of nitrogens with zero attached hydrogens (tertiary/aromatic N) is 1. The van der Waals surface area contributed by atoms with E-state index in [9.17, 15) is 0 Å². The van der Waals surface area contributed by atoms with Crippen molar-refractivity contribution in [3.63, 3.8) is 0 Å². The fourth-order valence-electron chi connectivity index (χ4n) is 1.82. The largest absolute Gasteiger partial charge is 0.489 e. The number of benzene rings is 1. The van der Waals surface area contributed by atoms with Crippen molar-refractivity contribution in [3.8, 4) is 11.6 Å². The highest BCUT2D eigenvalue weighted by Gasteiger charge is 2.05. The first-order valence-corrected chi connectivity index (χ1v) is 7.16. The van der Waals surface area contributed by atoms with Gasteiger partial charge in [-0.15, -0.1) is 0 Å². The molecule has 1 N–H and O–H groups in total. The lowest BCUT2D eigenvalue weighted by Gasteiger charge is -2.13. The summed E-state index contributed by atoms with van der Waals surface area (Å²) < 4.78 is 10.7. The molecule has 0 aliphatic heterocycles. The first-order valence-electron chi connectivity index (χ1n) is 6.78. The second kappa shape index (κ2) is 7.18. The summed E-state index contributed by atoms with van der Waals surface area (Å²) in [6, 6.07) is 11.3. The van der Waals surface area contributed by atoms with E-state index in [2.05, 4.69) is 10.3 Å². The molecule has 4 nitrogen and oxygen atoms in total. The smallest absolute Gasteiger partial charge is 0.213 e. The predicted molar refractivity (Wildman–Crippen MR) is 85.3 cm³/mol. The van der Waals surface area contributed by atoms with Gasteiger partial charge in [-0.1, -0.05) is 17.7 Å². The van der Waals surface area contributed by atoms with E-state index in [1.54, 1.807) is 7.11 Å². The zero-order valence-electron chi connectivity index (χ0n) is 12.4. The van der Waals surface area contributed by atoms with Gasteiger partial charge in [-0.2, -0.15) is 0 Å². The monoisotopic (exact) mass is 306 g/mol. The molecule has 2 aromatic rings. The first-order chi connectivity index (χ1) is 10.1. The van der Waals surface area contributed by atoms with Crippen LogP contribution in [0.15, 0.2) is 36.4 Å². The van der Waals surface area contributed by atoms with Crippen molar-refractivity contribution < 1.29 is 9.47 Å². The molecule has 0 atom stereocenters. The summed E-state index contributed by atoms with van der Waals surface area (Å²) in [5, 5.41) is 3.87. The Labute approximate surface area is 130 Å². The molecule has 1 heterocycles. The molecule has 112 valence electrons. The van der Waals surface area contributed by atoms with Gasteiger partial charge in [0.1, 0.15) is 5.75 Å². The summed E-state index contributed by atoms with van der Waals surface area (Å²) in [4.78, 5) is 4.34. The molecule has 0 aliphatic rings. The van der Waals surface area contributed by atoms with E-state index in [0.717, 1.165) is 11.4 Å². The molecule has 0 fully saturated rings. The highest BCUT2D eigenvalue weighted by atomic mass is 35.5. The van der Waals surface area contributed by atoms with Crippen molar-refractivity contribution in [2.24, 2.45) is 0 Å². The molecular formula is C16H19ClN2O2. The maximum absolute atomic E-state index is 6.20. The van der Waals surface area contributed by atoms with Crippen LogP contribution < -0.4 is 14.8 Å². The van der Waals surface area contributed by atoms with Crippen molar-refractivity contribution in [2.75, 3.05) is 12.4 Å². The number of nitrogens with one attached hydrogen (secondary N) is 1. The Hall–Kier alpha value is -1.94. The fraction of sp³-hybridized carbons (Fsp3) is 0.312. The molecular weight excluding hydrogens is 288 g/mol. The molecule has 2 rings (SSSR count). The maximum atomic E-state index is 6.20. The molecule has 0 unspecified atom stereocenters. The van der Waals surface area contributed by atoms with Crippen LogP contribution in [-0.4, -0.2) is 18.2 Å². The Morgan fingerprint density at radius 1 is 1.24 bits per heavy atom. The van der Waals surface area contributed by atoms with E-state index < -0.39 is 0 Å². The average Bonchev–Trinajstić information content (AvgIpc) is 2.47. The van der Waals surface area contributed by atoms with Crippen LogP contribution in [0.1, 0.15) is 19.5 Å². The number of hydrogen-bond acceptors (Lipinski definition) is 4. The highest BCUT2D eigenvalue weighted by Crippen LogP contribution is 2.28. The van der Waals surface area contributed by atoms with Crippen molar-refractivity contribution in [2.45, 2.75) is 26.5 Å². The Morgan fingerprint density at radius 2 is 2.05 bits per heavy atom. The van der Waals surface area contributed by atoms with Crippen molar-refractivity contribution >= 4 is 17.3 Å². The van der Waals surface area contributed by atoms with Gasteiger partial charge in [0.05, 0.1) is 30.5 Å². The molecule has 0 spiro atoms. The van der Waals surface area contributed by atoms with Crippen molar-refractivity contribution in [1.82, 2.24) is 4.98 Å². The highest BCUT2D eigenvalue weighted by molar-refractivity contribution is 6.32. The quantitative estimate of drug-likeness (QED) is 0.871. The minimum atomic E-state index is 0.0993. The third kappa shape index (κ3) is 4.53.